The molecule has 0 saturated heterocycles. The lowest BCUT2D eigenvalue weighted by atomic mass is 10.2. The van der Waals surface area contributed by atoms with Gasteiger partial charge in [-0.3, -0.25) is 4.98 Å². The van der Waals surface area contributed by atoms with Crippen LogP contribution in [0.2, 0.25) is 0 Å². The molecule has 0 fully saturated rings. The molecule has 0 aliphatic carbocycles. The minimum Gasteiger partial charge on any atom is -0.455 e. The van der Waals surface area contributed by atoms with Crippen molar-refractivity contribution in [2.75, 3.05) is 0 Å². The molecule has 0 aliphatic rings. The van der Waals surface area contributed by atoms with E-state index in [2.05, 4.69) is 4.98 Å². The molecule has 0 N–H and O–H groups in total. The summed E-state index contributed by atoms with van der Waals surface area (Å²) in [5.41, 5.74) is 1.23. The van der Waals surface area contributed by atoms with E-state index in [0.29, 0.717) is 11.3 Å². The van der Waals surface area contributed by atoms with Crippen molar-refractivity contribution in [3.8, 4) is 11.5 Å². The maximum atomic E-state index is 13.1. The van der Waals surface area contributed by atoms with Gasteiger partial charge >= 0.3 is 0 Å². The molecule has 1 aromatic carbocycles. The molecule has 2 rings (SSSR count). The molecule has 5 heteroatoms. The number of hydrogen-bond acceptors (Lipinski definition) is 2. The van der Waals surface area contributed by atoms with Crippen molar-refractivity contribution in [3.63, 3.8) is 0 Å². The van der Waals surface area contributed by atoms with E-state index in [-0.39, 0.29) is 11.6 Å². The molecule has 0 bridgehead atoms. The molecule has 0 unspecified atom stereocenters. The number of hydrogen-bond donors (Lipinski definition) is 0. The first-order valence-corrected chi connectivity index (χ1v) is 5.77. The van der Waals surface area contributed by atoms with Gasteiger partial charge in [-0.15, -0.1) is 11.6 Å². The predicted octanol–water partition coefficient (Wildman–Crippen LogP) is 4.20. The van der Waals surface area contributed by atoms with Gasteiger partial charge in [0.15, 0.2) is 11.6 Å². The highest BCUT2D eigenvalue weighted by atomic mass is 35.5. The van der Waals surface area contributed by atoms with Crippen LogP contribution >= 0.6 is 11.6 Å². The smallest absolute Gasteiger partial charge is 0.162 e. The molecular formula is C13H10ClF2NO. The fraction of sp³-hybridized carbons (Fsp3) is 0.154. The summed E-state index contributed by atoms with van der Waals surface area (Å²) in [6, 6.07) is 3.80. The first kappa shape index (κ1) is 12.8. The van der Waals surface area contributed by atoms with Crippen molar-refractivity contribution in [2.24, 2.45) is 0 Å². The van der Waals surface area contributed by atoms with Gasteiger partial charge in [-0.2, -0.15) is 0 Å². The Labute approximate surface area is 108 Å². The topological polar surface area (TPSA) is 22.1 Å². The van der Waals surface area contributed by atoms with Crippen molar-refractivity contribution < 1.29 is 13.5 Å². The summed E-state index contributed by atoms with van der Waals surface area (Å²) in [5, 5.41) is 0. The average molecular weight is 270 g/mol. The van der Waals surface area contributed by atoms with Crippen LogP contribution in [0.25, 0.3) is 0 Å². The molecule has 0 atom stereocenters. The maximum absolute atomic E-state index is 13.1. The minimum atomic E-state index is -0.952. The van der Waals surface area contributed by atoms with E-state index in [9.17, 15) is 8.78 Å². The standard InChI is InChI=1S/C13H10ClF2NO/c1-8-4-10(15)11(16)5-12(8)18-13-7-17-3-2-9(13)6-14/h2-5,7H,6H2,1H3. The van der Waals surface area contributed by atoms with Crippen LogP contribution in [0.1, 0.15) is 11.1 Å². The number of rotatable bonds is 3. The highest BCUT2D eigenvalue weighted by Gasteiger charge is 2.10. The van der Waals surface area contributed by atoms with E-state index in [4.69, 9.17) is 16.3 Å². The number of pyridine rings is 1. The maximum Gasteiger partial charge on any atom is 0.162 e. The van der Waals surface area contributed by atoms with E-state index in [1.807, 2.05) is 0 Å². The van der Waals surface area contributed by atoms with E-state index in [1.165, 1.54) is 6.20 Å². The zero-order valence-electron chi connectivity index (χ0n) is 9.58. The zero-order valence-corrected chi connectivity index (χ0v) is 10.3. The van der Waals surface area contributed by atoms with Crippen LogP contribution < -0.4 is 4.74 Å². The van der Waals surface area contributed by atoms with Crippen LogP contribution in [0, 0.1) is 18.6 Å². The second-order valence-electron chi connectivity index (χ2n) is 3.75. The predicted molar refractivity (Wildman–Crippen MR) is 65.0 cm³/mol. The first-order valence-electron chi connectivity index (χ1n) is 5.24. The summed E-state index contributed by atoms with van der Waals surface area (Å²) >= 11 is 5.75. The van der Waals surface area contributed by atoms with Crippen LogP contribution in [-0.2, 0) is 5.88 Å². The number of alkyl halides is 1. The number of aryl methyl sites for hydroxylation is 1. The Kier molecular flexibility index (Phi) is 3.77. The Bertz CT molecular complexity index is 575. The highest BCUT2D eigenvalue weighted by molar-refractivity contribution is 6.17. The molecule has 0 saturated carbocycles. The third-order valence-electron chi connectivity index (χ3n) is 2.45. The van der Waals surface area contributed by atoms with Crippen molar-refractivity contribution >= 4 is 11.6 Å². The van der Waals surface area contributed by atoms with E-state index >= 15 is 0 Å². The lowest BCUT2D eigenvalue weighted by Crippen LogP contribution is -1.95. The monoisotopic (exact) mass is 269 g/mol. The summed E-state index contributed by atoms with van der Waals surface area (Å²) in [7, 11) is 0. The van der Waals surface area contributed by atoms with Crippen LogP contribution in [0.5, 0.6) is 11.5 Å². The lowest BCUT2D eigenvalue weighted by molar-refractivity contribution is 0.453. The van der Waals surface area contributed by atoms with Gasteiger partial charge in [0.25, 0.3) is 0 Å². The van der Waals surface area contributed by atoms with Gasteiger partial charge < -0.3 is 4.74 Å². The summed E-state index contributed by atoms with van der Waals surface area (Å²) < 4.78 is 31.6. The largest absolute Gasteiger partial charge is 0.455 e. The van der Waals surface area contributed by atoms with Gasteiger partial charge in [0.05, 0.1) is 12.1 Å². The molecule has 2 nitrogen and oxygen atoms in total. The Morgan fingerprint density at radius 1 is 1.22 bits per heavy atom. The van der Waals surface area contributed by atoms with Gasteiger partial charge in [-0.05, 0) is 24.6 Å². The highest BCUT2D eigenvalue weighted by Crippen LogP contribution is 2.29. The van der Waals surface area contributed by atoms with Crippen LogP contribution in [-0.4, -0.2) is 4.98 Å². The van der Waals surface area contributed by atoms with Gasteiger partial charge in [0.2, 0.25) is 0 Å². The molecule has 1 aromatic heterocycles. The second kappa shape index (κ2) is 5.31. The molecule has 0 spiro atoms. The Morgan fingerprint density at radius 2 is 1.94 bits per heavy atom. The molecule has 2 aromatic rings. The molecule has 94 valence electrons. The summed E-state index contributed by atoms with van der Waals surface area (Å²) in [5.74, 6) is -0.925. The average Bonchev–Trinajstić information content (AvgIpc) is 2.36. The molecule has 1 heterocycles. The zero-order chi connectivity index (χ0) is 13.1. The quantitative estimate of drug-likeness (QED) is 0.779. The number of ether oxygens (including phenoxy) is 1. The summed E-state index contributed by atoms with van der Waals surface area (Å²) in [6.07, 6.45) is 3.07. The van der Waals surface area contributed by atoms with Gasteiger partial charge in [0, 0.05) is 17.8 Å². The SMILES string of the molecule is Cc1cc(F)c(F)cc1Oc1cnccc1CCl. The first-order chi connectivity index (χ1) is 8.61. The van der Waals surface area contributed by atoms with Crippen LogP contribution in [0.3, 0.4) is 0 Å². The molecular weight excluding hydrogens is 260 g/mol. The molecule has 0 radical (unpaired) electrons. The number of benzene rings is 1. The van der Waals surface area contributed by atoms with E-state index < -0.39 is 11.6 Å². The third-order valence-corrected chi connectivity index (χ3v) is 2.74. The minimum absolute atomic E-state index is 0.244. The van der Waals surface area contributed by atoms with Gasteiger partial charge in [-0.1, -0.05) is 0 Å². The van der Waals surface area contributed by atoms with Crippen molar-refractivity contribution in [3.05, 3.63) is 53.4 Å². The van der Waals surface area contributed by atoms with Gasteiger partial charge in [-0.25, -0.2) is 8.78 Å². The van der Waals surface area contributed by atoms with E-state index in [1.54, 1.807) is 19.2 Å². The molecule has 0 aliphatic heterocycles. The fourth-order valence-corrected chi connectivity index (χ4v) is 1.69. The Hall–Kier alpha value is -1.68. The Morgan fingerprint density at radius 3 is 2.67 bits per heavy atom. The molecule has 18 heavy (non-hydrogen) atoms. The molecule has 0 amide bonds. The van der Waals surface area contributed by atoms with Crippen molar-refractivity contribution in [1.29, 1.82) is 0 Å². The number of nitrogens with zero attached hydrogens (tertiary/aromatic N) is 1. The van der Waals surface area contributed by atoms with Crippen LogP contribution in [0.4, 0.5) is 8.78 Å². The second-order valence-corrected chi connectivity index (χ2v) is 4.02. The van der Waals surface area contributed by atoms with Crippen molar-refractivity contribution in [1.82, 2.24) is 4.98 Å². The number of aromatic nitrogens is 1. The van der Waals surface area contributed by atoms with E-state index in [0.717, 1.165) is 17.7 Å². The Balaban J connectivity index is 2.37. The summed E-state index contributed by atoms with van der Waals surface area (Å²) in [6.45, 7) is 1.63. The fourth-order valence-electron chi connectivity index (χ4n) is 1.47. The van der Waals surface area contributed by atoms with Crippen molar-refractivity contribution in [2.45, 2.75) is 12.8 Å². The van der Waals surface area contributed by atoms with Crippen LogP contribution in [0.15, 0.2) is 30.6 Å². The third kappa shape index (κ3) is 2.59. The summed E-state index contributed by atoms with van der Waals surface area (Å²) in [4.78, 5) is 3.91. The number of halogens is 3. The lowest BCUT2D eigenvalue weighted by Gasteiger charge is -2.11. The normalized spacial score (nSPS) is 10.4. The van der Waals surface area contributed by atoms with Gasteiger partial charge in [0.1, 0.15) is 11.5 Å².